The van der Waals surface area contributed by atoms with Gasteiger partial charge in [0.1, 0.15) is 11.9 Å². The highest BCUT2D eigenvalue weighted by Crippen LogP contribution is 2.26. The zero-order valence-corrected chi connectivity index (χ0v) is 10.8. The number of nitrogens with two attached hydrogens (primary N) is 1. The number of nitrogens with one attached hydrogen (secondary N) is 1. The molecule has 5 heteroatoms. The highest BCUT2D eigenvalue weighted by Gasteiger charge is 2.05. The van der Waals surface area contributed by atoms with Crippen LogP contribution in [0.2, 0.25) is 0 Å². The van der Waals surface area contributed by atoms with Crippen molar-refractivity contribution in [1.82, 2.24) is 0 Å². The molecule has 0 aliphatic heterocycles. The summed E-state index contributed by atoms with van der Waals surface area (Å²) in [5.74, 6) is -0.425. The monoisotopic (exact) mass is 305 g/mol. The van der Waals surface area contributed by atoms with Gasteiger partial charge in [-0.15, -0.1) is 0 Å². The topological polar surface area (TPSA) is 61.8 Å². The van der Waals surface area contributed by atoms with Gasteiger partial charge in [-0.1, -0.05) is 15.9 Å². The summed E-state index contributed by atoms with van der Waals surface area (Å²) in [4.78, 5) is 0. The lowest BCUT2D eigenvalue weighted by molar-refractivity contribution is 0.629. The largest absolute Gasteiger partial charge is 0.399 e. The molecular weight excluding hydrogens is 297 g/mol. The molecule has 0 unspecified atom stereocenters. The van der Waals surface area contributed by atoms with Gasteiger partial charge in [0.2, 0.25) is 0 Å². The van der Waals surface area contributed by atoms with Crippen LogP contribution in [-0.4, -0.2) is 0 Å². The summed E-state index contributed by atoms with van der Waals surface area (Å²) in [5, 5.41) is 12.0. The molecule has 0 radical (unpaired) electrons. The van der Waals surface area contributed by atoms with E-state index in [1.54, 1.807) is 24.3 Å². The minimum Gasteiger partial charge on any atom is -0.399 e. The van der Waals surface area contributed by atoms with Crippen LogP contribution in [0.3, 0.4) is 0 Å². The summed E-state index contributed by atoms with van der Waals surface area (Å²) >= 11 is 3.32. The Hall–Kier alpha value is -2.06. The molecular formula is C13H9BrFN3. The van der Waals surface area contributed by atoms with Crippen LogP contribution in [0.5, 0.6) is 0 Å². The summed E-state index contributed by atoms with van der Waals surface area (Å²) in [6, 6.07) is 11.4. The zero-order chi connectivity index (χ0) is 13.1. The number of rotatable bonds is 2. The van der Waals surface area contributed by atoms with Crippen LogP contribution < -0.4 is 11.1 Å². The number of benzene rings is 2. The molecule has 0 aliphatic rings. The Morgan fingerprint density at radius 3 is 2.67 bits per heavy atom. The molecule has 0 atom stereocenters. The summed E-state index contributed by atoms with van der Waals surface area (Å²) in [6.45, 7) is 0. The van der Waals surface area contributed by atoms with E-state index in [2.05, 4.69) is 27.3 Å². The third-order valence-electron chi connectivity index (χ3n) is 2.30. The number of halogens is 2. The SMILES string of the molecule is N#Cc1ccc(Br)cc1Nc1cc(N)cc(F)c1. The molecule has 2 rings (SSSR count). The van der Waals surface area contributed by atoms with Crippen molar-refractivity contribution in [2.24, 2.45) is 0 Å². The lowest BCUT2D eigenvalue weighted by Gasteiger charge is -2.09. The average Bonchev–Trinajstić information content (AvgIpc) is 2.27. The zero-order valence-electron chi connectivity index (χ0n) is 9.24. The number of hydrogen-bond acceptors (Lipinski definition) is 3. The van der Waals surface area contributed by atoms with E-state index in [-0.39, 0.29) is 0 Å². The third-order valence-corrected chi connectivity index (χ3v) is 2.79. The second-order valence-electron chi connectivity index (χ2n) is 3.70. The fourth-order valence-corrected chi connectivity index (χ4v) is 1.92. The maximum absolute atomic E-state index is 13.2. The second kappa shape index (κ2) is 5.07. The predicted octanol–water partition coefficient (Wildman–Crippen LogP) is 3.79. The Morgan fingerprint density at radius 2 is 2.00 bits per heavy atom. The molecule has 0 aromatic heterocycles. The van der Waals surface area contributed by atoms with Gasteiger partial charge in [-0.05, 0) is 36.4 Å². The predicted molar refractivity (Wildman–Crippen MR) is 73.0 cm³/mol. The molecule has 2 aromatic rings. The van der Waals surface area contributed by atoms with Crippen molar-refractivity contribution in [3.63, 3.8) is 0 Å². The van der Waals surface area contributed by atoms with Gasteiger partial charge in [0.25, 0.3) is 0 Å². The molecule has 0 bridgehead atoms. The number of anilines is 3. The second-order valence-corrected chi connectivity index (χ2v) is 4.62. The first-order chi connectivity index (χ1) is 8.58. The van der Waals surface area contributed by atoms with Gasteiger partial charge < -0.3 is 11.1 Å². The van der Waals surface area contributed by atoms with Crippen LogP contribution in [0.15, 0.2) is 40.9 Å². The minimum absolute atomic E-state index is 0.325. The number of nitrogen functional groups attached to an aromatic ring is 1. The van der Waals surface area contributed by atoms with E-state index in [4.69, 9.17) is 11.0 Å². The number of nitrogens with zero attached hydrogens (tertiary/aromatic N) is 1. The molecule has 18 heavy (non-hydrogen) atoms. The Bertz CT molecular complexity index is 614. The normalized spacial score (nSPS) is 9.83. The molecule has 3 nitrogen and oxygen atoms in total. The van der Waals surface area contributed by atoms with Crippen LogP contribution in [0.25, 0.3) is 0 Å². The fraction of sp³-hybridized carbons (Fsp3) is 0. The molecule has 90 valence electrons. The summed E-state index contributed by atoms with van der Waals surface area (Å²) in [6.07, 6.45) is 0. The smallest absolute Gasteiger partial charge is 0.127 e. The van der Waals surface area contributed by atoms with E-state index in [9.17, 15) is 4.39 Å². The van der Waals surface area contributed by atoms with Crippen LogP contribution in [-0.2, 0) is 0 Å². The number of hydrogen-bond donors (Lipinski definition) is 2. The molecule has 0 aliphatic carbocycles. The highest BCUT2D eigenvalue weighted by atomic mass is 79.9. The summed E-state index contributed by atoms with van der Waals surface area (Å²) in [7, 11) is 0. The van der Waals surface area contributed by atoms with E-state index in [1.165, 1.54) is 12.1 Å². The first-order valence-corrected chi connectivity index (χ1v) is 5.90. The Kier molecular flexibility index (Phi) is 3.49. The van der Waals surface area contributed by atoms with Gasteiger partial charge >= 0.3 is 0 Å². The quantitative estimate of drug-likeness (QED) is 0.830. The summed E-state index contributed by atoms with van der Waals surface area (Å²) < 4.78 is 14.0. The summed E-state index contributed by atoms with van der Waals surface area (Å²) in [5.41, 5.74) is 7.45. The van der Waals surface area contributed by atoms with Gasteiger partial charge in [0.15, 0.2) is 0 Å². The van der Waals surface area contributed by atoms with E-state index >= 15 is 0 Å². The molecule has 3 N–H and O–H groups in total. The van der Waals surface area contributed by atoms with E-state index in [0.717, 1.165) is 4.47 Å². The molecule has 0 fully saturated rings. The first-order valence-electron chi connectivity index (χ1n) is 5.11. The first kappa shape index (κ1) is 12.4. The van der Waals surface area contributed by atoms with Crippen molar-refractivity contribution < 1.29 is 4.39 Å². The van der Waals surface area contributed by atoms with Crippen molar-refractivity contribution in [1.29, 1.82) is 5.26 Å². The van der Waals surface area contributed by atoms with Crippen molar-refractivity contribution >= 4 is 33.0 Å². The molecule has 0 heterocycles. The van der Waals surface area contributed by atoms with E-state index in [1.807, 2.05) is 0 Å². The highest BCUT2D eigenvalue weighted by molar-refractivity contribution is 9.10. The molecule has 2 aromatic carbocycles. The van der Waals surface area contributed by atoms with Gasteiger partial charge in [-0.2, -0.15) is 5.26 Å². The number of nitriles is 1. The molecule has 0 saturated heterocycles. The maximum atomic E-state index is 13.2. The Labute approximate surface area is 112 Å². The lowest BCUT2D eigenvalue weighted by Crippen LogP contribution is -1.96. The maximum Gasteiger partial charge on any atom is 0.127 e. The van der Waals surface area contributed by atoms with Crippen molar-refractivity contribution in [3.8, 4) is 6.07 Å². The van der Waals surface area contributed by atoms with Crippen LogP contribution in [0.1, 0.15) is 5.56 Å². The van der Waals surface area contributed by atoms with Crippen molar-refractivity contribution in [3.05, 3.63) is 52.3 Å². The van der Waals surface area contributed by atoms with Crippen LogP contribution in [0.4, 0.5) is 21.5 Å². The van der Waals surface area contributed by atoms with Crippen molar-refractivity contribution in [2.45, 2.75) is 0 Å². The van der Waals surface area contributed by atoms with Gasteiger partial charge in [0, 0.05) is 15.8 Å². The lowest BCUT2D eigenvalue weighted by atomic mass is 10.2. The van der Waals surface area contributed by atoms with E-state index in [0.29, 0.717) is 22.6 Å². The molecule has 0 spiro atoms. The minimum atomic E-state index is -0.425. The van der Waals surface area contributed by atoms with Crippen LogP contribution >= 0.6 is 15.9 Å². The molecule has 0 saturated carbocycles. The van der Waals surface area contributed by atoms with Gasteiger partial charge in [-0.3, -0.25) is 0 Å². The van der Waals surface area contributed by atoms with Crippen molar-refractivity contribution in [2.75, 3.05) is 11.1 Å². The van der Waals surface area contributed by atoms with Gasteiger partial charge in [-0.25, -0.2) is 4.39 Å². The van der Waals surface area contributed by atoms with Gasteiger partial charge in [0.05, 0.1) is 11.3 Å². The fourth-order valence-electron chi connectivity index (χ4n) is 1.56. The standard InChI is InChI=1S/C13H9BrFN3/c14-9-2-1-8(7-16)13(3-9)18-12-5-10(15)4-11(17)6-12/h1-6,18H,17H2. The third kappa shape index (κ3) is 2.79. The van der Waals surface area contributed by atoms with E-state index < -0.39 is 5.82 Å². The average molecular weight is 306 g/mol. The molecule has 0 amide bonds. The Balaban J connectivity index is 2.39. The van der Waals surface area contributed by atoms with Crippen LogP contribution in [0, 0.1) is 17.1 Å². The Morgan fingerprint density at radius 1 is 1.22 bits per heavy atom.